The maximum atomic E-state index is 13.3. The van der Waals surface area contributed by atoms with Crippen molar-refractivity contribution in [3.63, 3.8) is 0 Å². The average molecular weight is 449 g/mol. The molecule has 4 rings (SSSR count). The van der Waals surface area contributed by atoms with Gasteiger partial charge in [-0.3, -0.25) is 14.0 Å². The van der Waals surface area contributed by atoms with E-state index in [9.17, 15) is 9.59 Å². The van der Waals surface area contributed by atoms with Crippen LogP contribution in [-0.4, -0.2) is 43.9 Å². The smallest absolute Gasteiger partial charge is 0.337 e. The molecule has 3 aromatic heterocycles. The van der Waals surface area contributed by atoms with Gasteiger partial charge in [0.25, 0.3) is 5.88 Å². The molecule has 0 unspecified atom stereocenters. The van der Waals surface area contributed by atoms with Gasteiger partial charge in [0.05, 0.1) is 38.8 Å². The van der Waals surface area contributed by atoms with Gasteiger partial charge in [0.1, 0.15) is 5.69 Å². The molecular formula is C22H23N7O4. The van der Waals surface area contributed by atoms with Crippen molar-refractivity contribution in [2.24, 2.45) is 7.05 Å². The second kappa shape index (κ2) is 8.91. The van der Waals surface area contributed by atoms with E-state index in [0.29, 0.717) is 34.5 Å². The summed E-state index contributed by atoms with van der Waals surface area (Å²) >= 11 is 0. The number of aromatic nitrogens is 5. The van der Waals surface area contributed by atoms with Gasteiger partial charge in [-0.25, -0.2) is 14.2 Å². The Labute approximate surface area is 188 Å². The molecule has 4 aromatic rings. The first-order valence-electron chi connectivity index (χ1n) is 9.95. The molecule has 33 heavy (non-hydrogen) atoms. The lowest BCUT2D eigenvalue weighted by Crippen LogP contribution is -2.27. The summed E-state index contributed by atoms with van der Waals surface area (Å²) in [5.74, 6) is 0.390. The molecule has 0 saturated carbocycles. The highest BCUT2D eigenvalue weighted by Crippen LogP contribution is 2.28. The van der Waals surface area contributed by atoms with Gasteiger partial charge in [-0.15, -0.1) is 5.10 Å². The SMILES string of the molecule is C=CC(=O)Nc1cccc(Cn2cc(Nc3cn(C)nc3OC)c3ncc(OC)n3c2=O)c1. The number of carbonyl (C=O) groups is 1. The van der Waals surface area contributed by atoms with Crippen molar-refractivity contribution in [3.8, 4) is 11.8 Å². The van der Waals surface area contributed by atoms with Crippen LogP contribution in [0.3, 0.4) is 0 Å². The van der Waals surface area contributed by atoms with Crippen molar-refractivity contribution in [2.75, 3.05) is 24.9 Å². The molecule has 2 N–H and O–H groups in total. The first kappa shape index (κ1) is 21.7. The minimum Gasteiger partial charge on any atom is -0.481 e. The molecule has 0 spiro atoms. The van der Waals surface area contributed by atoms with Crippen LogP contribution in [0.15, 0.2) is 60.3 Å². The van der Waals surface area contributed by atoms with E-state index in [1.165, 1.54) is 35.5 Å². The molecular weight excluding hydrogens is 426 g/mol. The lowest BCUT2D eigenvalue weighted by atomic mass is 10.2. The average Bonchev–Trinajstić information content (AvgIpc) is 3.40. The van der Waals surface area contributed by atoms with Crippen molar-refractivity contribution in [1.29, 1.82) is 0 Å². The Morgan fingerprint density at radius 3 is 2.76 bits per heavy atom. The van der Waals surface area contributed by atoms with Crippen molar-refractivity contribution in [1.82, 2.24) is 23.7 Å². The lowest BCUT2D eigenvalue weighted by molar-refractivity contribution is -0.111. The van der Waals surface area contributed by atoms with Gasteiger partial charge in [0, 0.05) is 18.9 Å². The van der Waals surface area contributed by atoms with Crippen LogP contribution in [0.2, 0.25) is 0 Å². The van der Waals surface area contributed by atoms with Crippen LogP contribution in [0, 0.1) is 0 Å². The zero-order chi connectivity index (χ0) is 23.5. The first-order valence-corrected chi connectivity index (χ1v) is 9.95. The molecule has 11 nitrogen and oxygen atoms in total. The molecule has 170 valence electrons. The normalized spacial score (nSPS) is 10.8. The third-order valence-electron chi connectivity index (χ3n) is 4.89. The second-order valence-electron chi connectivity index (χ2n) is 7.16. The number of methoxy groups -OCH3 is 2. The number of hydrogen-bond donors (Lipinski definition) is 2. The Balaban J connectivity index is 1.78. The standard InChI is InChI=1S/C22H23N7O4/c1-5-18(30)24-15-8-6-7-14(9-15)11-28-13-16(25-17-12-27(2)26-21(17)33-4)20-23-10-19(32-3)29(20)22(28)31/h5-10,12-13,25H,1,11H2,2-4H3,(H,24,30). The van der Waals surface area contributed by atoms with Gasteiger partial charge in [0.15, 0.2) is 5.65 Å². The molecule has 1 aromatic carbocycles. The van der Waals surface area contributed by atoms with Crippen LogP contribution in [0.4, 0.5) is 17.1 Å². The number of amides is 1. The Kier molecular flexibility index (Phi) is 5.85. The summed E-state index contributed by atoms with van der Waals surface area (Å²) in [4.78, 5) is 29.2. The van der Waals surface area contributed by atoms with Crippen LogP contribution in [0.5, 0.6) is 11.8 Å². The van der Waals surface area contributed by atoms with Crippen molar-refractivity contribution in [2.45, 2.75) is 6.54 Å². The summed E-state index contributed by atoms with van der Waals surface area (Å²) in [5.41, 5.74) is 2.64. The van der Waals surface area contributed by atoms with Crippen LogP contribution in [-0.2, 0) is 18.4 Å². The number of anilines is 3. The molecule has 0 radical (unpaired) electrons. The number of nitrogens with zero attached hydrogens (tertiary/aromatic N) is 5. The summed E-state index contributed by atoms with van der Waals surface area (Å²) in [6, 6.07) is 7.22. The van der Waals surface area contributed by atoms with E-state index in [4.69, 9.17) is 9.47 Å². The molecule has 3 heterocycles. The Hall–Kier alpha value is -4.54. The maximum Gasteiger partial charge on any atom is 0.337 e. The third kappa shape index (κ3) is 4.28. The highest BCUT2D eigenvalue weighted by molar-refractivity contribution is 5.98. The van der Waals surface area contributed by atoms with Crippen LogP contribution < -0.4 is 25.8 Å². The van der Waals surface area contributed by atoms with E-state index in [2.05, 4.69) is 27.3 Å². The Bertz CT molecular complexity index is 1400. The fourth-order valence-corrected chi connectivity index (χ4v) is 3.44. The van der Waals surface area contributed by atoms with Crippen molar-refractivity contribution in [3.05, 3.63) is 71.6 Å². The minimum absolute atomic E-state index is 0.243. The third-order valence-corrected chi connectivity index (χ3v) is 4.89. The predicted molar refractivity (Wildman–Crippen MR) is 123 cm³/mol. The van der Waals surface area contributed by atoms with Gasteiger partial charge >= 0.3 is 5.69 Å². The summed E-state index contributed by atoms with van der Waals surface area (Å²) in [6.45, 7) is 3.70. The fraction of sp³-hybridized carbons (Fsp3) is 0.182. The molecule has 0 atom stereocenters. The summed E-state index contributed by atoms with van der Waals surface area (Å²) in [5, 5.41) is 10.2. The number of ether oxygens (including phenoxy) is 2. The van der Waals surface area contributed by atoms with Gasteiger partial charge < -0.3 is 20.1 Å². The van der Waals surface area contributed by atoms with Crippen LogP contribution >= 0.6 is 0 Å². The van der Waals surface area contributed by atoms with Gasteiger partial charge in [-0.2, -0.15) is 0 Å². The van der Waals surface area contributed by atoms with E-state index >= 15 is 0 Å². The lowest BCUT2D eigenvalue weighted by Gasteiger charge is -2.13. The molecule has 11 heteroatoms. The first-order chi connectivity index (χ1) is 15.9. The number of rotatable bonds is 8. The van der Waals surface area contributed by atoms with E-state index in [1.807, 2.05) is 6.07 Å². The van der Waals surface area contributed by atoms with E-state index < -0.39 is 0 Å². The van der Waals surface area contributed by atoms with Crippen molar-refractivity contribution >= 4 is 28.6 Å². The molecule has 0 fully saturated rings. The number of fused-ring (bicyclic) bond motifs is 1. The zero-order valence-electron chi connectivity index (χ0n) is 18.4. The second-order valence-corrected chi connectivity index (χ2v) is 7.16. The van der Waals surface area contributed by atoms with E-state index in [0.717, 1.165) is 5.56 Å². The predicted octanol–water partition coefficient (Wildman–Crippen LogP) is 2.16. The van der Waals surface area contributed by atoms with Crippen LogP contribution in [0.1, 0.15) is 5.56 Å². The number of aryl methyl sites for hydroxylation is 1. The monoisotopic (exact) mass is 449 g/mol. The molecule has 0 aliphatic rings. The molecule has 0 bridgehead atoms. The minimum atomic E-state index is -0.330. The highest BCUT2D eigenvalue weighted by atomic mass is 16.5. The van der Waals surface area contributed by atoms with Gasteiger partial charge in [-0.1, -0.05) is 18.7 Å². The quantitative estimate of drug-likeness (QED) is 0.396. The molecule has 0 saturated heterocycles. The Morgan fingerprint density at radius 2 is 2.03 bits per heavy atom. The van der Waals surface area contributed by atoms with Gasteiger partial charge in [-0.05, 0) is 23.8 Å². The highest BCUT2D eigenvalue weighted by Gasteiger charge is 2.17. The van der Waals surface area contributed by atoms with Crippen LogP contribution in [0.25, 0.3) is 5.65 Å². The molecule has 0 aliphatic carbocycles. The maximum absolute atomic E-state index is 13.3. The zero-order valence-corrected chi connectivity index (χ0v) is 18.4. The number of hydrogen-bond acceptors (Lipinski definition) is 7. The van der Waals surface area contributed by atoms with E-state index in [1.54, 1.807) is 42.3 Å². The topological polar surface area (TPSA) is 117 Å². The largest absolute Gasteiger partial charge is 0.481 e. The van der Waals surface area contributed by atoms with Crippen molar-refractivity contribution < 1.29 is 14.3 Å². The fourth-order valence-electron chi connectivity index (χ4n) is 3.44. The van der Waals surface area contributed by atoms with E-state index in [-0.39, 0.29) is 18.1 Å². The van der Waals surface area contributed by atoms with Gasteiger partial charge in [0.2, 0.25) is 11.8 Å². The molecule has 0 aliphatic heterocycles. The summed E-state index contributed by atoms with van der Waals surface area (Å²) in [7, 11) is 4.78. The number of imidazole rings is 1. The Morgan fingerprint density at radius 1 is 1.21 bits per heavy atom. The summed E-state index contributed by atoms with van der Waals surface area (Å²) < 4.78 is 15.2. The number of carbonyl (C=O) groups excluding carboxylic acids is 1. The number of benzene rings is 1. The summed E-state index contributed by atoms with van der Waals surface area (Å²) in [6.07, 6.45) is 6.11. The number of nitrogens with one attached hydrogen (secondary N) is 2. The molecule has 1 amide bonds.